The second-order valence-corrected chi connectivity index (χ2v) is 2.21. The van der Waals surface area contributed by atoms with Crippen molar-refractivity contribution >= 4 is 0 Å². The number of rotatable bonds is 3. The number of aliphatic hydroxyl groups is 1. The van der Waals surface area contributed by atoms with Crippen LogP contribution in [-0.4, -0.2) is 5.11 Å². The van der Waals surface area contributed by atoms with E-state index in [0.717, 1.165) is 11.8 Å². The zero-order valence-corrected chi connectivity index (χ0v) is 6.60. The van der Waals surface area contributed by atoms with E-state index in [0.29, 0.717) is 6.61 Å². The summed E-state index contributed by atoms with van der Waals surface area (Å²) in [6.45, 7) is 0.502. The van der Waals surface area contributed by atoms with Crippen molar-refractivity contribution in [3.63, 3.8) is 0 Å². The molecule has 1 N–H and O–H groups in total. The van der Waals surface area contributed by atoms with Crippen LogP contribution >= 0.6 is 0 Å². The minimum Gasteiger partial charge on any atom is -0.507 e. The molecule has 1 aromatic carbocycles. The predicted octanol–water partition coefficient (Wildman–Crippen LogP) is 2.39. The number of benzene rings is 1. The Morgan fingerprint density at radius 2 is 2.08 bits per heavy atom. The molecule has 2 heteroatoms. The van der Waals surface area contributed by atoms with Gasteiger partial charge in [0, 0.05) is 0 Å². The van der Waals surface area contributed by atoms with E-state index in [1.165, 1.54) is 6.26 Å². The van der Waals surface area contributed by atoms with Gasteiger partial charge in [-0.15, -0.1) is 0 Å². The third-order valence-corrected chi connectivity index (χ3v) is 1.32. The van der Waals surface area contributed by atoms with Crippen molar-refractivity contribution in [2.24, 2.45) is 0 Å². The third kappa shape index (κ3) is 2.95. The molecular formula is C10H10O2. The maximum Gasteiger partial charge on any atom is 0.129 e. The molecule has 1 aromatic rings. The Labute approximate surface area is 71.4 Å². The summed E-state index contributed by atoms with van der Waals surface area (Å²) in [6.07, 6.45) is 2.14. The van der Waals surface area contributed by atoms with Crippen LogP contribution < -0.4 is 0 Å². The maximum atomic E-state index is 8.22. The highest BCUT2D eigenvalue weighted by atomic mass is 16.5. The standard InChI is InChI=1S/C10H10O2/c11-7-4-8-12-9-10-5-2-1-3-6-10/h1-3,5-8,11H,9H2. The second kappa shape index (κ2) is 5.05. The number of hydrogen-bond donors (Lipinski definition) is 1. The summed E-state index contributed by atoms with van der Waals surface area (Å²) < 4.78 is 5.03. The van der Waals surface area contributed by atoms with Gasteiger partial charge in [0.15, 0.2) is 0 Å². The van der Waals surface area contributed by atoms with Crippen LogP contribution in [0.4, 0.5) is 0 Å². The quantitative estimate of drug-likeness (QED) is 0.546. The summed E-state index contributed by atoms with van der Waals surface area (Å²) in [5.41, 5.74) is 3.49. The maximum absolute atomic E-state index is 8.22. The number of hydrogen-bond acceptors (Lipinski definition) is 2. The molecule has 0 heterocycles. The lowest BCUT2D eigenvalue weighted by Crippen LogP contribution is -1.83. The fraction of sp³-hybridized carbons (Fsp3) is 0.100. The van der Waals surface area contributed by atoms with Gasteiger partial charge in [-0.2, -0.15) is 0 Å². The summed E-state index contributed by atoms with van der Waals surface area (Å²) in [5, 5.41) is 8.22. The van der Waals surface area contributed by atoms with Crippen LogP contribution in [0.1, 0.15) is 5.56 Å². The fourth-order valence-corrected chi connectivity index (χ4v) is 0.791. The molecular weight excluding hydrogens is 152 g/mol. The van der Waals surface area contributed by atoms with Crippen LogP contribution in [-0.2, 0) is 11.3 Å². The van der Waals surface area contributed by atoms with Crippen LogP contribution in [0.25, 0.3) is 0 Å². The number of ether oxygens (including phenoxy) is 1. The smallest absolute Gasteiger partial charge is 0.129 e. The first-order valence-electron chi connectivity index (χ1n) is 3.62. The van der Waals surface area contributed by atoms with Crippen molar-refractivity contribution in [2.45, 2.75) is 6.61 Å². The average Bonchev–Trinajstić information content (AvgIpc) is 2.14. The van der Waals surface area contributed by atoms with E-state index in [4.69, 9.17) is 9.84 Å². The van der Waals surface area contributed by atoms with E-state index in [1.54, 1.807) is 0 Å². The van der Waals surface area contributed by atoms with Crippen LogP contribution in [0.3, 0.4) is 0 Å². The van der Waals surface area contributed by atoms with E-state index >= 15 is 0 Å². The molecule has 2 nitrogen and oxygen atoms in total. The molecule has 12 heavy (non-hydrogen) atoms. The van der Waals surface area contributed by atoms with Crippen molar-refractivity contribution in [3.05, 3.63) is 54.2 Å². The minimum atomic E-state index is 0.502. The van der Waals surface area contributed by atoms with Gasteiger partial charge in [0.25, 0.3) is 0 Å². The zero-order chi connectivity index (χ0) is 8.65. The molecule has 0 spiro atoms. The first-order valence-corrected chi connectivity index (χ1v) is 3.62. The zero-order valence-electron chi connectivity index (χ0n) is 6.60. The highest BCUT2D eigenvalue weighted by Gasteiger charge is 1.86. The van der Waals surface area contributed by atoms with Crippen molar-refractivity contribution < 1.29 is 9.84 Å². The van der Waals surface area contributed by atoms with Gasteiger partial charge < -0.3 is 9.84 Å². The molecule has 0 saturated carbocycles. The van der Waals surface area contributed by atoms with Gasteiger partial charge in [-0.3, -0.25) is 0 Å². The van der Waals surface area contributed by atoms with E-state index < -0.39 is 0 Å². The minimum absolute atomic E-state index is 0.502. The van der Waals surface area contributed by atoms with Crippen molar-refractivity contribution in [1.82, 2.24) is 0 Å². The molecule has 0 atom stereocenters. The van der Waals surface area contributed by atoms with Crippen LogP contribution in [0.2, 0.25) is 0 Å². The SMILES string of the molecule is OC=C=COCc1ccccc1. The molecule has 62 valence electrons. The Morgan fingerprint density at radius 3 is 2.75 bits per heavy atom. The summed E-state index contributed by atoms with van der Waals surface area (Å²) in [7, 11) is 0. The topological polar surface area (TPSA) is 29.5 Å². The Kier molecular flexibility index (Phi) is 3.55. The highest BCUT2D eigenvalue weighted by Crippen LogP contribution is 1.99. The molecule has 0 aliphatic rings. The number of aliphatic hydroxyl groups excluding tert-OH is 1. The van der Waals surface area contributed by atoms with Gasteiger partial charge >= 0.3 is 0 Å². The molecule has 0 aliphatic heterocycles. The average molecular weight is 162 g/mol. The van der Waals surface area contributed by atoms with Gasteiger partial charge in [0.2, 0.25) is 0 Å². The molecule has 0 unspecified atom stereocenters. The summed E-state index contributed by atoms with van der Waals surface area (Å²) >= 11 is 0. The summed E-state index contributed by atoms with van der Waals surface area (Å²) in [5.74, 6) is 0. The van der Waals surface area contributed by atoms with Gasteiger partial charge in [-0.1, -0.05) is 30.3 Å². The van der Waals surface area contributed by atoms with E-state index in [-0.39, 0.29) is 0 Å². The van der Waals surface area contributed by atoms with Crippen molar-refractivity contribution in [3.8, 4) is 0 Å². The Hall–Kier alpha value is -1.66. The molecule has 0 amide bonds. The summed E-state index contributed by atoms with van der Waals surface area (Å²) in [6, 6.07) is 9.79. The molecule has 0 aromatic heterocycles. The van der Waals surface area contributed by atoms with Gasteiger partial charge in [-0.25, -0.2) is 0 Å². The normalized spacial score (nSPS) is 8.33. The van der Waals surface area contributed by atoms with E-state index in [2.05, 4.69) is 5.73 Å². The molecule has 0 fully saturated rings. The van der Waals surface area contributed by atoms with Gasteiger partial charge in [0.1, 0.15) is 19.1 Å². The fourth-order valence-electron chi connectivity index (χ4n) is 0.791. The van der Waals surface area contributed by atoms with Crippen LogP contribution in [0.5, 0.6) is 0 Å². The van der Waals surface area contributed by atoms with E-state index in [9.17, 15) is 0 Å². The lowest BCUT2D eigenvalue weighted by atomic mass is 10.2. The first-order chi connectivity index (χ1) is 5.93. The lowest BCUT2D eigenvalue weighted by molar-refractivity contribution is 0.236. The Bertz CT molecular complexity index is 271. The molecule has 0 radical (unpaired) electrons. The van der Waals surface area contributed by atoms with Crippen molar-refractivity contribution in [1.29, 1.82) is 0 Å². The van der Waals surface area contributed by atoms with Crippen LogP contribution in [0, 0.1) is 0 Å². The third-order valence-electron chi connectivity index (χ3n) is 1.32. The molecule has 0 aliphatic carbocycles. The van der Waals surface area contributed by atoms with Gasteiger partial charge in [-0.05, 0) is 11.3 Å². The van der Waals surface area contributed by atoms with Gasteiger partial charge in [0.05, 0.1) is 0 Å². The highest BCUT2D eigenvalue weighted by molar-refractivity contribution is 5.13. The monoisotopic (exact) mass is 162 g/mol. The predicted molar refractivity (Wildman–Crippen MR) is 46.5 cm³/mol. The molecule has 1 rings (SSSR count). The lowest BCUT2D eigenvalue weighted by Gasteiger charge is -1.97. The second-order valence-electron chi connectivity index (χ2n) is 2.21. The van der Waals surface area contributed by atoms with Crippen molar-refractivity contribution in [2.75, 3.05) is 0 Å². The van der Waals surface area contributed by atoms with E-state index in [1.807, 2.05) is 30.3 Å². The summed E-state index contributed by atoms with van der Waals surface area (Å²) in [4.78, 5) is 0. The molecule has 0 saturated heterocycles. The Balaban J connectivity index is 2.39. The first kappa shape index (κ1) is 8.44. The largest absolute Gasteiger partial charge is 0.507 e. The Morgan fingerprint density at radius 1 is 1.33 bits per heavy atom. The van der Waals surface area contributed by atoms with Crippen LogP contribution in [0.15, 0.2) is 48.6 Å². The molecule has 0 bridgehead atoms.